The maximum Gasteiger partial charge on any atom is 0.0291 e. The Morgan fingerprint density at radius 3 is 2.33 bits per heavy atom. The molecule has 1 nitrogen and oxygen atoms in total. The summed E-state index contributed by atoms with van der Waals surface area (Å²) in [5.41, 5.74) is 2.88. The lowest BCUT2D eigenvalue weighted by Crippen LogP contribution is -2.20. The van der Waals surface area contributed by atoms with Crippen LogP contribution >= 0.6 is 0 Å². The molecule has 1 N–H and O–H groups in total. The van der Waals surface area contributed by atoms with Crippen molar-refractivity contribution in [1.82, 2.24) is 5.32 Å². The monoisotopic (exact) mass is 287 g/mol. The van der Waals surface area contributed by atoms with Gasteiger partial charge in [-0.1, -0.05) is 63.8 Å². The van der Waals surface area contributed by atoms with Crippen LogP contribution in [0.5, 0.6) is 0 Å². The summed E-state index contributed by atoms with van der Waals surface area (Å²) in [6.07, 6.45) is 9.84. The van der Waals surface area contributed by atoms with Crippen LogP contribution in [0.4, 0.5) is 0 Å². The Hall–Kier alpha value is -0.820. The summed E-state index contributed by atoms with van der Waals surface area (Å²) in [7, 11) is 0. The van der Waals surface area contributed by atoms with Gasteiger partial charge in [-0.05, 0) is 55.7 Å². The van der Waals surface area contributed by atoms with Gasteiger partial charge in [0.15, 0.2) is 0 Å². The van der Waals surface area contributed by atoms with E-state index in [2.05, 4.69) is 50.4 Å². The average molecular weight is 287 g/mol. The second-order valence-electron chi connectivity index (χ2n) is 7.31. The van der Waals surface area contributed by atoms with E-state index in [9.17, 15) is 0 Å². The van der Waals surface area contributed by atoms with E-state index in [0.717, 1.165) is 18.4 Å². The summed E-state index contributed by atoms with van der Waals surface area (Å²) >= 11 is 0. The largest absolute Gasteiger partial charge is 0.310 e. The second-order valence-corrected chi connectivity index (χ2v) is 7.31. The smallest absolute Gasteiger partial charge is 0.0291 e. The first-order chi connectivity index (χ1) is 10.1. The zero-order valence-corrected chi connectivity index (χ0v) is 14.2. The summed E-state index contributed by atoms with van der Waals surface area (Å²) in [4.78, 5) is 0. The van der Waals surface area contributed by atoms with Crippen LogP contribution in [0.2, 0.25) is 0 Å². The van der Waals surface area contributed by atoms with Gasteiger partial charge in [0.2, 0.25) is 0 Å². The quantitative estimate of drug-likeness (QED) is 0.622. The van der Waals surface area contributed by atoms with Crippen LogP contribution in [-0.4, -0.2) is 6.54 Å². The lowest BCUT2D eigenvalue weighted by atomic mass is 9.99. The Labute approximate surface area is 131 Å². The van der Waals surface area contributed by atoms with E-state index in [1.165, 1.54) is 56.1 Å². The molecule has 1 aliphatic carbocycles. The van der Waals surface area contributed by atoms with E-state index < -0.39 is 0 Å². The molecule has 1 heteroatoms. The van der Waals surface area contributed by atoms with Gasteiger partial charge in [-0.25, -0.2) is 0 Å². The van der Waals surface area contributed by atoms with Crippen LogP contribution in [0.25, 0.3) is 0 Å². The molecule has 0 bridgehead atoms. The van der Waals surface area contributed by atoms with Crippen LogP contribution in [0.1, 0.15) is 76.5 Å². The highest BCUT2D eigenvalue weighted by molar-refractivity contribution is 5.25. The highest BCUT2D eigenvalue weighted by Gasteiger charge is 2.14. The van der Waals surface area contributed by atoms with Gasteiger partial charge in [-0.15, -0.1) is 0 Å². The second kappa shape index (κ2) is 8.58. The van der Waals surface area contributed by atoms with Crippen molar-refractivity contribution in [3.05, 3.63) is 35.4 Å². The van der Waals surface area contributed by atoms with Crippen LogP contribution in [0, 0.1) is 11.8 Å². The molecular weight excluding hydrogens is 254 g/mol. The minimum Gasteiger partial charge on any atom is -0.310 e. The minimum absolute atomic E-state index is 0.474. The normalized spacial score (nSPS) is 17.5. The predicted molar refractivity (Wildman–Crippen MR) is 92.6 cm³/mol. The van der Waals surface area contributed by atoms with E-state index in [1.54, 1.807) is 0 Å². The molecule has 1 saturated carbocycles. The predicted octanol–water partition coefficient (Wildman–Crippen LogP) is 5.51. The summed E-state index contributed by atoms with van der Waals surface area (Å²) in [6.45, 7) is 8.00. The zero-order valence-electron chi connectivity index (χ0n) is 14.2. The first-order valence-corrected chi connectivity index (χ1v) is 8.97. The fraction of sp³-hybridized carbons (Fsp3) is 0.700. The number of benzene rings is 1. The van der Waals surface area contributed by atoms with E-state index in [-0.39, 0.29) is 0 Å². The first-order valence-electron chi connectivity index (χ1n) is 8.97. The molecule has 1 unspecified atom stereocenters. The maximum atomic E-state index is 3.68. The molecule has 0 aromatic heterocycles. The fourth-order valence-electron chi connectivity index (χ4n) is 3.54. The van der Waals surface area contributed by atoms with Gasteiger partial charge in [0.1, 0.15) is 0 Å². The zero-order chi connectivity index (χ0) is 15.1. The van der Waals surface area contributed by atoms with Gasteiger partial charge in [0.05, 0.1) is 0 Å². The van der Waals surface area contributed by atoms with Crippen molar-refractivity contribution in [2.75, 3.05) is 6.54 Å². The summed E-state index contributed by atoms with van der Waals surface area (Å²) in [6, 6.07) is 9.67. The highest BCUT2D eigenvalue weighted by atomic mass is 14.9. The van der Waals surface area contributed by atoms with Crippen molar-refractivity contribution < 1.29 is 0 Å². The molecule has 1 atom stereocenters. The molecule has 0 heterocycles. The SMILES string of the molecule is CC(C)Cc1ccc(C(C)NCCCC2CCCC2)cc1. The van der Waals surface area contributed by atoms with Crippen LogP contribution in [0.15, 0.2) is 24.3 Å². The number of hydrogen-bond acceptors (Lipinski definition) is 1. The van der Waals surface area contributed by atoms with Crippen molar-refractivity contribution in [1.29, 1.82) is 0 Å². The topological polar surface area (TPSA) is 12.0 Å². The molecule has 0 spiro atoms. The Kier molecular flexibility index (Phi) is 6.76. The molecule has 21 heavy (non-hydrogen) atoms. The van der Waals surface area contributed by atoms with E-state index in [4.69, 9.17) is 0 Å². The lowest BCUT2D eigenvalue weighted by molar-refractivity contribution is 0.456. The van der Waals surface area contributed by atoms with Crippen LogP contribution in [0.3, 0.4) is 0 Å². The Morgan fingerprint density at radius 2 is 1.71 bits per heavy atom. The number of rotatable bonds is 8. The van der Waals surface area contributed by atoms with Crippen molar-refractivity contribution >= 4 is 0 Å². The van der Waals surface area contributed by atoms with Crippen LogP contribution < -0.4 is 5.32 Å². The first kappa shape index (κ1) is 16.5. The molecule has 0 radical (unpaired) electrons. The molecule has 1 aromatic rings. The number of hydrogen-bond donors (Lipinski definition) is 1. The van der Waals surface area contributed by atoms with E-state index >= 15 is 0 Å². The Morgan fingerprint density at radius 1 is 1.05 bits per heavy atom. The highest BCUT2D eigenvalue weighted by Crippen LogP contribution is 2.28. The van der Waals surface area contributed by atoms with Crippen molar-refractivity contribution in [2.45, 2.75) is 71.8 Å². The third-order valence-electron chi connectivity index (χ3n) is 4.84. The fourth-order valence-corrected chi connectivity index (χ4v) is 3.54. The molecule has 0 amide bonds. The Balaban J connectivity index is 1.68. The molecule has 0 saturated heterocycles. The molecular formula is C20H33N. The molecule has 118 valence electrons. The summed E-state index contributed by atoms with van der Waals surface area (Å²) in [5.74, 6) is 1.76. The van der Waals surface area contributed by atoms with Gasteiger partial charge in [-0.3, -0.25) is 0 Å². The van der Waals surface area contributed by atoms with E-state index in [1.807, 2.05) is 0 Å². The Bertz CT molecular complexity index is 387. The van der Waals surface area contributed by atoms with Gasteiger partial charge < -0.3 is 5.32 Å². The molecule has 1 fully saturated rings. The van der Waals surface area contributed by atoms with Gasteiger partial charge in [-0.2, -0.15) is 0 Å². The van der Waals surface area contributed by atoms with Gasteiger partial charge in [0, 0.05) is 6.04 Å². The van der Waals surface area contributed by atoms with Gasteiger partial charge in [0.25, 0.3) is 0 Å². The molecule has 1 aromatic carbocycles. The van der Waals surface area contributed by atoms with Crippen molar-refractivity contribution in [2.24, 2.45) is 11.8 Å². The third kappa shape index (κ3) is 5.82. The summed E-state index contributed by atoms with van der Waals surface area (Å²) in [5, 5.41) is 3.68. The minimum atomic E-state index is 0.474. The molecule has 0 aliphatic heterocycles. The van der Waals surface area contributed by atoms with Crippen molar-refractivity contribution in [3.63, 3.8) is 0 Å². The van der Waals surface area contributed by atoms with Crippen LogP contribution in [-0.2, 0) is 6.42 Å². The molecule has 2 rings (SSSR count). The summed E-state index contributed by atoms with van der Waals surface area (Å²) < 4.78 is 0. The standard InChI is InChI=1S/C20H33N/c1-16(2)15-19-10-12-20(13-11-19)17(3)21-14-6-9-18-7-4-5-8-18/h10-13,16-18,21H,4-9,14-15H2,1-3H3. The maximum absolute atomic E-state index is 3.68. The average Bonchev–Trinajstić information content (AvgIpc) is 2.97. The molecule has 1 aliphatic rings. The van der Waals surface area contributed by atoms with E-state index in [0.29, 0.717) is 6.04 Å². The number of nitrogens with one attached hydrogen (secondary N) is 1. The third-order valence-corrected chi connectivity index (χ3v) is 4.84. The van der Waals surface area contributed by atoms with Gasteiger partial charge >= 0.3 is 0 Å². The van der Waals surface area contributed by atoms with Crippen molar-refractivity contribution in [3.8, 4) is 0 Å². The lowest BCUT2D eigenvalue weighted by Gasteiger charge is -2.16.